The minimum atomic E-state index is -1.53. The van der Waals surface area contributed by atoms with E-state index in [1.165, 1.54) is 31.5 Å². The van der Waals surface area contributed by atoms with Gasteiger partial charge in [-0.15, -0.1) is 0 Å². The standard InChI is InChI=1S/C29H31BIN3O3/c1-20-31(2)37-30(36-20)23-12-15-25-26(18-23)33-29(35)27(25)28(22-8-4-3-5-9-22)32-24-13-10-21(11-14-24)19-34-16-6-7-17-34/h3-5,8-15,18,20,33,35H,6-7,16-17,19H2,1-2H3. The van der Waals surface area contributed by atoms with Crippen molar-refractivity contribution in [3.05, 3.63) is 89.5 Å². The van der Waals surface area contributed by atoms with Gasteiger partial charge >= 0.3 is 184 Å². The van der Waals surface area contributed by atoms with Crippen LogP contribution >= 0.6 is 20.2 Å². The number of aromatic nitrogens is 1. The predicted octanol–water partition coefficient (Wildman–Crippen LogP) is 5.78. The molecule has 0 spiro atoms. The number of benzene rings is 3. The number of hydrogen-bond acceptors (Lipinski definition) is 5. The molecule has 3 aromatic carbocycles. The normalized spacial score (nSPS) is 19.8. The van der Waals surface area contributed by atoms with Crippen molar-refractivity contribution in [3.8, 4) is 5.88 Å². The number of alkyl halides is 2. The zero-order valence-corrected chi connectivity index (χ0v) is 23.3. The van der Waals surface area contributed by atoms with E-state index in [4.69, 9.17) is 12.6 Å². The average molecular weight is 607 g/mol. The molecule has 1 unspecified atom stereocenters. The summed E-state index contributed by atoms with van der Waals surface area (Å²) >= 11 is -1.53. The summed E-state index contributed by atoms with van der Waals surface area (Å²) in [5.41, 5.74) is 6.32. The first-order valence-electron chi connectivity index (χ1n) is 12.8. The molecule has 8 heteroatoms. The molecule has 0 radical (unpaired) electrons. The van der Waals surface area contributed by atoms with Gasteiger partial charge in [0.15, 0.2) is 0 Å². The zero-order valence-electron chi connectivity index (χ0n) is 21.2. The average Bonchev–Trinajstić information content (AvgIpc) is 3.63. The molecule has 37 heavy (non-hydrogen) atoms. The third-order valence-electron chi connectivity index (χ3n) is 7.11. The van der Waals surface area contributed by atoms with Gasteiger partial charge in [0.1, 0.15) is 0 Å². The maximum atomic E-state index is 11.1. The number of nitrogens with zero attached hydrogens (tertiary/aromatic N) is 2. The predicted molar refractivity (Wildman–Crippen MR) is 160 cm³/mol. The monoisotopic (exact) mass is 607 g/mol. The van der Waals surface area contributed by atoms with Crippen LogP contribution in [0.2, 0.25) is 0 Å². The number of aromatic amines is 1. The van der Waals surface area contributed by atoms with Crippen LogP contribution in [0.5, 0.6) is 5.88 Å². The van der Waals surface area contributed by atoms with E-state index in [0.717, 1.165) is 39.9 Å². The van der Waals surface area contributed by atoms with E-state index in [0.29, 0.717) is 5.56 Å². The van der Waals surface area contributed by atoms with E-state index in [1.54, 1.807) is 0 Å². The maximum absolute atomic E-state index is 11.1. The van der Waals surface area contributed by atoms with Gasteiger partial charge in [0.05, 0.1) is 0 Å². The van der Waals surface area contributed by atoms with E-state index in [-0.39, 0.29) is 17.1 Å². The Bertz CT molecular complexity index is 1410. The SMILES string of the molecule is CC1OB(c2ccc3c(C(=Nc4ccc(CN5CCCC5)cc4)c4ccccc4)c(O)[nH]c3c2)OI1C. The second-order valence-corrected chi connectivity index (χ2v) is 14.6. The molecule has 0 saturated carbocycles. The molecule has 0 aliphatic carbocycles. The molecular formula is C29H31BIN3O3. The van der Waals surface area contributed by atoms with Crippen molar-refractivity contribution in [2.24, 2.45) is 4.99 Å². The van der Waals surface area contributed by atoms with Crippen LogP contribution in [0.3, 0.4) is 0 Å². The van der Waals surface area contributed by atoms with Gasteiger partial charge in [0.25, 0.3) is 0 Å². The molecule has 2 aliphatic heterocycles. The summed E-state index contributed by atoms with van der Waals surface area (Å²) < 4.78 is 12.4. The fourth-order valence-corrected chi connectivity index (χ4v) is 7.28. The Morgan fingerprint density at radius 3 is 2.54 bits per heavy atom. The topological polar surface area (TPSA) is 70.1 Å². The minimum absolute atomic E-state index is 0.103. The Hall–Kier alpha value is -2.66. The second kappa shape index (κ2) is 10.6. The van der Waals surface area contributed by atoms with Crippen molar-refractivity contribution in [1.29, 1.82) is 0 Å². The summed E-state index contributed by atoms with van der Waals surface area (Å²) in [6, 6.07) is 24.6. The Morgan fingerprint density at radius 1 is 1.08 bits per heavy atom. The molecule has 0 amide bonds. The molecule has 6 rings (SSSR count). The summed E-state index contributed by atoms with van der Waals surface area (Å²) in [7, 11) is -0.343. The van der Waals surface area contributed by atoms with Gasteiger partial charge in [-0.1, -0.05) is 0 Å². The van der Waals surface area contributed by atoms with Gasteiger partial charge < -0.3 is 0 Å². The second-order valence-electron chi connectivity index (χ2n) is 9.69. The van der Waals surface area contributed by atoms with E-state index in [1.807, 2.05) is 48.5 Å². The van der Waals surface area contributed by atoms with Crippen LogP contribution in [0.15, 0.2) is 77.8 Å². The van der Waals surface area contributed by atoms with Crippen molar-refractivity contribution in [3.63, 3.8) is 0 Å². The summed E-state index contributed by atoms with van der Waals surface area (Å²) in [6.07, 6.45) is 2.58. The number of likely N-dealkylation sites (tertiary alicyclic amines) is 1. The molecule has 4 aromatic rings. The number of H-pyrrole nitrogens is 1. The quantitative estimate of drug-likeness (QED) is 0.126. The third kappa shape index (κ3) is 5.20. The summed E-state index contributed by atoms with van der Waals surface area (Å²) in [5.74, 6) is 0.103. The molecule has 2 saturated heterocycles. The molecular weight excluding hydrogens is 576 g/mol. The van der Waals surface area contributed by atoms with E-state index < -0.39 is 20.2 Å². The van der Waals surface area contributed by atoms with Crippen molar-refractivity contribution < 1.29 is 12.7 Å². The Balaban J connectivity index is 1.37. The van der Waals surface area contributed by atoms with Crippen molar-refractivity contribution >= 4 is 55.1 Å². The number of nitrogens with one attached hydrogen (secondary N) is 1. The zero-order chi connectivity index (χ0) is 25.4. The van der Waals surface area contributed by atoms with Crippen LogP contribution in [0, 0.1) is 0 Å². The molecule has 3 heterocycles. The Labute approximate surface area is 225 Å². The van der Waals surface area contributed by atoms with Gasteiger partial charge in [0.2, 0.25) is 0 Å². The molecule has 6 nitrogen and oxygen atoms in total. The van der Waals surface area contributed by atoms with E-state index in [2.05, 4.69) is 46.0 Å². The first kappa shape index (κ1) is 24.7. The van der Waals surface area contributed by atoms with Crippen LogP contribution in [0.1, 0.15) is 36.5 Å². The molecule has 190 valence electrons. The van der Waals surface area contributed by atoms with Gasteiger partial charge in [-0.2, -0.15) is 0 Å². The van der Waals surface area contributed by atoms with Gasteiger partial charge in [-0.25, -0.2) is 0 Å². The molecule has 2 N–H and O–H groups in total. The Morgan fingerprint density at radius 2 is 1.84 bits per heavy atom. The fourth-order valence-electron chi connectivity index (χ4n) is 5.05. The summed E-state index contributed by atoms with van der Waals surface area (Å²) in [6.45, 7) is 5.43. The third-order valence-corrected chi connectivity index (χ3v) is 11.1. The van der Waals surface area contributed by atoms with Gasteiger partial charge in [-0.3, -0.25) is 4.90 Å². The van der Waals surface area contributed by atoms with Gasteiger partial charge in [-0.05, 0) is 31.5 Å². The van der Waals surface area contributed by atoms with E-state index in [9.17, 15) is 5.11 Å². The van der Waals surface area contributed by atoms with Crippen molar-refractivity contribution in [2.45, 2.75) is 30.4 Å². The van der Waals surface area contributed by atoms with Crippen LogP contribution in [0.25, 0.3) is 10.9 Å². The van der Waals surface area contributed by atoms with Crippen molar-refractivity contribution in [1.82, 2.24) is 9.88 Å². The number of halogens is 1. The van der Waals surface area contributed by atoms with Crippen LogP contribution in [0.4, 0.5) is 5.69 Å². The number of aliphatic imine (C=N–C) groups is 1. The van der Waals surface area contributed by atoms with E-state index >= 15 is 0 Å². The van der Waals surface area contributed by atoms with Gasteiger partial charge in [0, 0.05) is 6.54 Å². The number of aromatic hydroxyl groups is 1. The fraction of sp³-hybridized carbons (Fsp3) is 0.276. The van der Waals surface area contributed by atoms with Crippen LogP contribution in [-0.4, -0.2) is 50.0 Å². The molecule has 2 aliphatic rings. The number of hydrogen-bond donors (Lipinski definition) is 2. The molecule has 1 atom stereocenters. The summed E-state index contributed by atoms with van der Waals surface area (Å²) in [4.78, 5) is 12.9. The number of rotatable bonds is 6. The molecule has 0 bridgehead atoms. The van der Waals surface area contributed by atoms with Crippen LogP contribution in [-0.2, 0) is 14.2 Å². The first-order valence-corrected chi connectivity index (χ1v) is 17.1. The number of fused-ring (bicyclic) bond motifs is 1. The molecule has 2 fully saturated rings. The van der Waals surface area contributed by atoms with Crippen molar-refractivity contribution in [2.75, 3.05) is 18.0 Å². The first-order chi connectivity index (χ1) is 18.0. The Kier molecular flexibility index (Phi) is 7.07. The summed E-state index contributed by atoms with van der Waals surface area (Å²) in [5, 5.41) is 12.0. The molecule has 1 aromatic heterocycles. The van der Waals surface area contributed by atoms with Crippen LogP contribution < -0.4 is 5.46 Å².